The molecule has 0 unspecified atom stereocenters. The molecule has 0 bridgehead atoms. The van der Waals surface area contributed by atoms with Gasteiger partial charge in [-0.05, 0) is 36.8 Å². The lowest BCUT2D eigenvalue weighted by Crippen LogP contribution is -2.17. The van der Waals surface area contributed by atoms with Gasteiger partial charge in [-0.15, -0.1) is 0 Å². The van der Waals surface area contributed by atoms with E-state index in [1.165, 1.54) is 37.7 Å². The van der Waals surface area contributed by atoms with E-state index in [-0.39, 0.29) is 16.5 Å². The highest BCUT2D eigenvalue weighted by atomic mass is 32.1. The van der Waals surface area contributed by atoms with Crippen LogP contribution in [0.3, 0.4) is 0 Å². The SMILES string of the molecule is COc1ccc(NC(=O)c2cc(NC(=O)c3cnc(N)s3)c(C)cc2F)nc1. The van der Waals surface area contributed by atoms with Gasteiger partial charge in [0.05, 0.1) is 25.1 Å². The van der Waals surface area contributed by atoms with Crippen molar-refractivity contribution in [2.75, 3.05) is 23.5 Å². The number of aryl methyl sites for hydroxylation is 1. The number of ether oxygens (including phenoxy) is 1. The first-order chi connectivity index (χ1) is 13.4. The highest BCUT2D eigenvalue weighted by molar-refractivity contribution is 7.17. The van der Waals surface area contributed by atoms with Gasteiger partial charge in [0.2, 0.25) is 0 Å². The number of nitrogens with one attached hydrogen (secondary N) is 2. The Morgan fingerprint density at radius 1 is 1.14 bits per heavy atom. The fourth-order valence-corrected chi connectivity index (χ4v) is 2.90. The number of thiazole rings is 1. The lowest BCUT2D eigenvalue weighted by molar-refractivity contribution is 0.101. The molecule has 10 heteroatoms. The van der Waals surface area contributed by atoms with Crippen molar-refractivity contribution in [3.8, 4) is 5.75 Å². The van der Waals surface area contributed by atoms with Crippen molar-refractivity contribution in [2.24, 2.45) is 0 Å². The van der Waals surface area contributed by atoms with Gasteiger partial charge in [-0.2, -0.15) is 0 Å². The van der Waals surface area contributed by atoms with E-state index in [9.17, 15) is 14.0 Å². The molecule has 2 aromatic heterocycles. The molecule has 0 saturated carbocycles. The summed E-state index contributed by atoms with van der Waals surface area (Å²) in [6.45, 7) is 1.62. The number of carbonyl (C=O) groups is 2. The molecule has 3 aromatic rings. The summed E-state index contributed by atoms with van der Waals surface area (Å²) < 4.78 is 19.3. The molecule has 0 aliphatic rings. The molecule has 2 heterocycles. The highest BCUT2D eigenvalue weighted by Crippen LogP contribution is 2.23. The molecule has 28 heavy (non-hydrogen) atoms. The van der Waals surface area contributed by atoms with Crippen LogP contribution < -0.4 is 21.1 Å². The van der Waals surface area contributed by atoms with Gasteiger partial charge in [0.15, 0.2) is 5.13 Å². The van der Waals surface area contributed by atoms with E-state index in [0.29, 0.717) is 21.9 Å². The van der Waals surface area contributed by atoms with Crippen molar-refractivity contribution in [1.82, 2.24) is 9.97 Å². The van der Waals surface area contributed by atoms with E-state index < -0.39 is 17.6 Å². The molecular weight excluding hydrogens is 385 g/mol. The lowest BCUT2D eigenvalue weighted by Gasteiger charge is -2.11. The number of aromatic nitrogens is 2. The number of anilines is 3. The number of pyridine rings is 1. The summed E-state index contributed by atoms with van der Waals surface area (Å²) in [7, 11) is 1.49. The summed E-state index contributed by atoms with van der Waals surface area (Å²) in [5.74, 6) is -1.12. The second-order valence-electron chi connectivity index (χ2n) is 5.70. The van der Waals surface area contributed by atoms with E-state index in [1.54, 1.807) is 13.0 Å². The number of hydrogen-bond donors (Lipinski definition) is 3. The Morgan fingerprint density at radius 3 is 2.54 bits per heavy atom. The molecule has 2 amide bonds. The van der Waals surface area contributed by atoms with E-state index in [0.717, 1.165) is 11.3 Å². The second-order valence-corrected chi connectivity index (χ2v) is 6.76. The van der Waals surface area contributed by atoms with Crippen LogP contribution in [0.2, 0.25) is 0 Å². The van der Waals surface area contributed by atoms with Crippen LogP contribution >= 0.6 is 11.3 Å². The van der Waals surface area contributed by atoms with Gasteiger partial charge in [-0.25, -0.2) is 14.4 Å². The number of amides is 2. The zero-order valence-corrected chi connectivity index (χ0v) is 15.8. The first-order valence-corrected chi connectivity index (χ1v) is 8.83. The Kier molecular flexibility index (Phi) is 5.50. The van der Waals surface area contributed by atoms with E-state index in [1.807, 2.05) is 0 Å². The molecule has 0 atom stereocenters. The Hall–Kier alpha value is -3.53. The summed E-state index contributed by atoms with van der Waals surface area (Å²) in [6, 6.07) is 5.58. The maximum absolute atomic E-state index is 14.3. The summed E-state index contributed by atoms with van der Waals surface area (Å²) in [5.41, 5.74) is 6.05. The Morgan fingerprint density at radius 2 is 1.93 bits per heavy atom. The number of nitrogen functional groups attached to an aromatic ring is 1. The van der Waals surface area contributed by atoms with Crippen LogP contribution in [0.1, 0.15) is 25.6 Å². The maximum Gasteiger partial charge on any atom is 0.267 e. The third-order valence-corrected chi connectivity index (χ3v) is 4.59. The number of nitrogens with two attached hydrogens (primary N) is 1. The minimum Gasteiger partial charge on any atom is -0.495 e. The number of benzene rings is 1. The number of nitrogens with zero attached hydrogens (tertiary/aromatic N) is 2. The fraction of sp³-hybridized carbons (Fsp3) is 0.111. The number of carbonyl (C=O) groups excluding carboxylic acids is 2. The number of halogens is 1. The Bertz CT molecular complexity index is 1040. The first-order valence-electron chi connectivity index (χ1n) is 8.01. The fourth-order valence-electron chi connectivity index (χ4n) is 2.32. The molecule has 0 aliphatic carbocycles. The van der Waals surface area contributed by atoms with Gasteiger partial charge in [-0.3, -0.25) is 9.59 Å². The zero-order valence-electron chi connectivity index (χ0n) is 14.9. The van der Waals surface area contributed by atoms with Crippen molar-refractivity contribution < 1.29 is 18.7 Å². The van der Waals surface area contributed by atoms with Crippen molar-refractivity contribution in [3.05, 3.63) is 58.5 Å². The van der Waals surface area contributed by atoms with E-state index in [2.05, 4.69) is 20.6 Å². The quantitative estimate of drug-likeness (QED) is 0.604. The molecule has 0 radical (unpaired) electrons. The first kappa shape index (κ1) is 19.2. The molecule has 0 spiro atoms. The van der Waals surface area contributed by atoms with Gasteiger partial charge in [-0.1, -0.05) is 11.3 Å². The minimum absolute atomic E-state index is 0.233. The molecule has 8 nitrogen and oxygen atoms in total. The topological polar surface area (TPSA) is 119 Å². The van der Waals surface area contributed by atoms with Crippen LogP contribution in [0.4, 0.5) is 21.0 Å². The van der Waals surface area contributed by atoms with E-state index in [4.69, 9.17) is 10.5 Å². The monoisotopic (exact) mass is 401 g/mol. The van der Waals surface area contributed by atoms with Crippen LogP contribution in [-0.4, -0.2) is 28.9 Å². The van der Waals surface area contributed by atoms with Crippen LogP contribution in [0.5, 0.6) is 5.75 Å². The van der Waals surface area contributed by atoms with Gasteiger partial charge >= 0.3 is 0 Å². The predicted molar refractivity (Wildman–Crippen MR) is 104 cm³/mol. The van der Waals surface area contributed by atoms with Gasteiger partial charge in [0.1, 0.15) is 22.3 Å². The van der Waals surface area contributed by atoms with Crippen LogP contribution in [0.25, 0.3) is 0 Å². The average molecular weight is 401 g/mol. The molecular formula is C18H16FN5O3S. The summed E-state index contributed by atoms with van der Waals surface area (Å²) in [6.07, 6.45) is 2.77. The molecule has 0 fully saturated rings. The van der Waals surface area contributed by atoms with Crippen molar-refractivity contribution in [1.29, 1.82) is 0 Å². The minimum atomic E-state index is -0.719. The van der Waals surface area contributed by atoms with Crippen molar-refractivity contribution in [3.63, 3.8) is 0 Å². The standard InChI is InChI=1S/C18H16FN5O3S/c1-9-5-12(19)11(16(25)24-15-4-3-10(27-2)7-21-15)6-13(9)23-17(26)14-8-22-18(20)28-14/h3-8H,1-2H3,(H2,20,22)(H,23,26)(H,21,24,25). The number of hydrogen-bond acceptors (Lipinski definition) is 7. The Balaban J connectivity index is 1.81. The molecule has 0 aliphatic heterocycles. The smallest absolute Gasteiger partial charge is 0.267 e. The summed E-state index contributed by atoms with van der Waals surface area (Å²) in [4.78, 5) is 32.9. The van der Waals surface area contributed by atoms with Crippen LogP contribution in [-0.2, 0) is 0 Å². The van der Waals surface area contributed by atoms with Crippen molar-refractivity contribution in [2.45, 2.75) is 6.92 Å². The predicted octanol–water partition coefficient (Wildman–Crippen LogP) is 3.08. The number of rotatable bonds is 5. The van der Waals surface area contributed by atoms with Crippen LogP contribution in [0.15, 0.2) is 36.7 Å². The normalized spacial score (nSPS) is 10.4. The largest absolute Gasteiger partial charge is 0.495 e. The Labute approximate surface area is 163 Å². The van der Waals surface area contributed by atoms with Crippen molar-refractivity contribution >= 4 is 39.8 Å². The molecule has 144 valence electrons. The zero-order chi connectivity index (χ0) is 20.3. The van der Waals surface area contributed by atoms with E-state index >= 15 is 0 Å². The average Bonchev–Trinajstić information content (AvgIpc) is 3.11. The highest BCUT2D eigenvalue weighted by Gasteiger charge is 2.18. The molecule has 1 aromatic carbocycles. The summed E-state index contributed by atoms with van der Waals surface area (Å²) in [5, 5.41) is 5.40. The van der Waals surface area contributed by atoms with Gasteiger partial charge < -0.3 is 21.1 Å². The second kappa shape index (κ2) is 8.01. The van der Waals surface area contributed by atoms with Crippen LogP contribution in [0, 0.1) is 12.7 Å². The molecule has 0 saturated heterocycles. The third kappa shape index (κ3) is 4.23. The number of methoxy groups -OCH3 is 1. The summed E-state index contributed by atoms with van der Waals surface area (Å²) >= 11 is 1.02. The molecule has 4 N–H and O–H groups in total. The third-order valence-electron chi connectivity index (χ3n) is 3.77. The van der Waals surface area contributed by atoms with Gasteiger partial charge in [0.25, 0.3) is 11.8 Å². The lowest BCUT2D eigenvalue weighted by atomic mass is 10.1. The van der Waals surface area contributed by atoms with Gasteiger partial charge in [0, 0.05) is 5.69 Å². The molecule has 3 rings (SSSR count). The maximum atomic E-state index is 14.3.